The van der Waals surface area contributed by atoms with Crippen LogP contribution in [0.1, 0.15) is 12.5 Å². The van der Waals surface area contributed by atoms with Crippen LogP contribution in [-0.2, 0) is 0 Å². The molecule has 1 rings (SSSR count). The van der Waals surface area contributed by atoms with Crippen molar-refractivity contribution in [2.24, 2.45) is 4.99 Å². The highest BCUT2D eigenvalue weighted by Crippen LogP contribution is 2.11. The zero-order valence-corrected chi connectivity index (χ0v) is 7.26. The monoisotopic (exact) mass is 168 g/mol. The molecule has 0 spiro atoms. The molecule has 1 aromatic heterocycles. The SMILES string of the molecule is CN=C(C)c1cccnc1Cl. The molecule has 0 aliphatic heterocycles. The van der Waals surface area contributed by atoms with Crippen LogP contribution >= 0.6 is 11.6 Å². The summed E-state index contributed by atoms with van der Waals surface area (Å²) in [5, 5.41) is 0.510. The summed E-state index contributed by atoms with van der Waals surface area (Å²) in [4.78, 5) is 7.94. The van der Waals surface area contributed by atoms with Crippen molar-refractivity contribution >= 4 is 17.3 Å². The number of aromatic nitrogens is 1. The summed E-state index contributed by atoms with van der Waals surface area (Å²) < 4.78 is 0. The Morgan fingerprint density at radius 3 is 2.91 bits per heavy atom. The molecule has 1 aromatic rings. The van der Waals surface area contributed by atoms with E-state index in [1.54, 1.807) is 13.2 Å². The molecule has 0 aliphatic carbocycles. The van der Waals surface area contributed by atoms with Gasteiger partial charge in [0, 0.05) is 24.5 Å². The fourth-order valence-corrected chi connectivity index (χ4v) is 1.03. The molecule has 0 aromatic carbocycles. The van der Waals surface area contributed by atoms with Gasteiger partial charge in [-0.3, -0.25) is 4.99 Å². The van der Waals surface area contributed by atoms with E-state index in [9.17, 15) is 0 Å². The lowest BCUT2D eigenvalue weighted by Crippen LogP contribution is -1.95. The molecule has 1 heterocycles. The second-order valence-corrected chi connectivity index (χ2v) is 2.51. The van der Waals surface area contributed by atoms with Crippen molar-refractivity contribution < 1.29 is 0 Å². The fraction of sp³-hybridized carbons (Fsp3) is 0.250. The number of pyridine rings is 1. The first kappa shape index (κ1) is 8.21. The van der Waals surface area contributed by atoms with Crippen molar-refractivity contribution in [3.63, 3.8) is 0 Å². The summed E-state index contributed by atoms with van der Waals surface area (Å²) in [6.07, 6.45) is 1.66. The largest absolute Gasteiger partial charge is 0.293 e. The predicted octanol–water partition coefficient (Wildman–Crippen LogP) is 2.17. The van der Waals surface area contributed by atoms with Crippen LogP contribution in [0, 0.1) is 0 Å². The molecule has 0 aliphatic rings. The lowest BCUT2D eigenvalue weighted by atomic mass is 10.2. The predicted molar refractivity (Wildman–Crippen MR) is 47.4 cm³/mol. The topological polar surface area (TPSA) is 25.2 Å². The van der Waals surface area contributed by atoms with Crippen LogP contribution in [0.5, 0.6) is 0 Å². The number of halogens is 1. The standard InChI is InChI=1S/C8H9ClN2/c1-6(10-2)7-4-3-5-11-8(7)9/h3-5H,1-2H3. The van der Waals surface area contributed by atoms with Crippen molar-refractivity contribution in [1.82, 2.24) is 4.98 Å². The van der Waals surface area contributed by atoms with Crippen LogP contribution in [0.2, 0.25) is 5.15 Å². The van der Waals surface area contributed by atoms with Crippen molar-refractivity contribution in [1.29, 1.82) is 0 Å². The van der Waals surface area contributed by atoms with Gasteiger partial charge >= 0.3 is 0 Å². The van der Waals surface area contributed by atoms with Gasteiger partial charge in [0.15, 0.2) is 0 Å². The summed E-state index contributed by atoms with van der Waals surface area (Å²) >= 11 is 5.81. The maximum Gasteiger partial charge on any atom is 0.138 e. The highest BCUT2D eigenvalue weighted by Gasteiger charge is 2.01. The highest BCUT2D eigenvalue weighted by atomic mass is 35.5. The lowest BCUT2D eigenvalue weighted by molar-refractivity contribution is 1.30. The van der Waals surface area contributed by atoms with E-state index in [1.807, 2.05) is 19.1 Å². The summed E-state index contributed by atoms with van der Waals surface area (Å²) in [5.41, 5.74) is 1.81. The van der Waals surface area contributed by atoms with E-state index in [-0.39, 0.29) is 0 Å². The van der Waals surface area contributed by atoms with Gasteiger partial charge in [-0.1, -0.05) is 11.6 Å². The highest BCUT2D eigenvalue weighted by molar-refractivity contribution is 6.32. The number of rotatable bonds is 1. The number of hydrogen-bond donors (Lipinski definition) is 0. The molecular weight excluding hydrogens is 160 g/mol. The number of hydrogen-bond acceptors (Lipinski definition) is 2. The van der Waals surface area contributed by atoms with Gasteiger partial charge in [-0.05, 0) is 19.1 Å². The van der Waals surface area contributed by atoms with Crippen molar-refractivity contribution in [2.45, 2.75) is 6.92 Å². The Labute approximate surface area is 70.9 Å². The first-order valence-corrected chi connectivity index (χ1v) is 3.67. The van der Waals surface area contributed by atoms with Crippen molar-refractivity contribution in [3.05, 3.63) is 29.0 Å². The van der Waals surface area contributed by atoms with E-state index in [4.69, 9.17) is 11.6 Å². The van der Waals surface area contributed by atoms with E-state index in [1.165, 1.54) is 0 Å². The van der Waals surface area contributed by atoms with E-state index in [2.05, 4.69) is 9.98 Å². The van der Waals surface area contributed by atoms with Gasteiger partial charge in [0.2, 0.25) is 0 Å². The maximum atomic E-state index is 5.81. The Kier molecular flexibility index (Phi) is 2.60. The minimum absolute atomic E-state index is 0.510. The molecule has 0 bridgehead atoms. The Bertz CT molecular complexity index is 281. The van der Waals surface area contributed by atoms with E-state index >= 15 is 0 Å². The average molecular weight is 169 g/mol. The van der Waals surface area contributed by atoms with Crippen molar-refractivity contribution in [2.75, 3.05) is 7.05 Å². The average Bonchev–Trinajstić information content (AvgIpc) is 2.04. The third-order valence-electron chi connectivity index (χ3n) is 1.48. The first-order valence-electron chi connectivity index (χ1n) is 3.30. The molecule has 0 N–H and O–H groups in total. The molecule has 0 atom stereocenters. The molecule has 2 nitrogen and oxygen atoms in total. The minimum atomic E-state index is 0.510. The maximum absolute atomic E-state index is 5.81. The van der Waals surface area contributed by atoms with Crippen LogP contribution < -0.4 is 0 Å². The smallest absolute Gasteiger partial charge is 0.138 e. The third-order valence-corrected chi connectivity index (χ3v) is 1.79. The number of aliphatic imine (C=N–C) groups is 1. The molecule has 0 unspecified atom stereocenters. The zero-order chi connectivity index (χ0) is 8.27. The molecule has 3 heteroatoms. The van der Waals surface area contributed by atoms with Gasteiger partial charge in [0.1, 0.15) is 5.15 Å². The van der Waals surface area contributed by atoms with Crippen LogP contribution in [0.4, 0.5) is 0 Å². The van der Waals surface area contributed by atoms with Gasteiger partial charge in [-0.15, -0.1) is 0 Å². The quantitative estimate of drug-likeness (QED) is 0.466. The molecule has 0 saturated carbocycles. The molecule has 0 saturated heterocycles. The van der Waals surface area contributed by atoms with E-state index in [0.717, 1.165) is 11.3 Å². The second kappa shape index (κ2) is 3.49. The fourth-order valence-electron chi connectivity index (χ4n) is 0.776. The van der Waals surface area contributed by atoms with Crippen LogP contribution in [0.25, 0.3) is 0 Å². The summed E-state index contributed by atoms with van der Waals surface area (Å²) in [6, 6.07) is 3.74. The molecule has 11 heavy (non-hydrogen) atoms. The number of nitrogens with zero attached hydrogens (tertiary/aromatic N) is 2. The minimum Gasteiger partial charge on any atom is -0.293 e. The van der Waals surface area contributed by atoms with Gasteiger partial charge in [0.05, 0.1) is 0 Å². The van der Waals surface area contributed by atoms with Gasteiger partial charge in [-0.2, -0.15) is 0 Å². The zero-order valence-electron chi connectivity index (χ0n) is 6.50. The van der Waals surface area contributed by atoms with Gasteiger partial charge in [-0.25, -0.2) is 4.98 Å². The van der Waals surface area contributed by atoms with Crippen LogP contribution in [-0.4, -0.2) is 17.7 Å². The Morgan fingerprint density at radius 2 is 2.36 bits per heavy atom. The van der Waals surface area contributed by atoms with E-state index in [0.29, 0.717) is 5.15 Å². The molecule has 0 amide bonds. The Balaban J connectivity index is 3.14. The van der Waals surface area contributed by atoms with Gasteiger partial charge < -0.3 is 0 Å². The van der Waals surface area contributed by atoms with Crippen LogP contribution in [0.3, 0.4) is 0 Å². The molecular formula is C8H9ClN2. The summed E-state index contributed by atoms with van der Waals surface area (Å²) in [6.45, 7) is 1.91. The summed E-state index contributed by atoms with van der Waals surface area (Å²) in [5.74, 6) is 0. The second-order valence-electron chi connectivity index (χ2n) is 2.15. The first-order chi connectivity index (χ1) is 5.25. The Morgan fingerprint density at radius 1 is 1.64 bits per heavy atom. The van der Waals surface area contributed by atoms with E-state index < -0.39 is 0 Å². The van der Waals surface area contributed by atoms with Crippen molar-refractivity contribution in [3.8, 4) is 0 Å². The normalized spacial score (nSPS) is 11.7. The third kappa shape index (κ3) is 1.77. The molecule has 0 fully saturated rings. The molecule has 0 radical (unpaired) electrons. The Hall–Kier alpha value is -0.890. The van der Waals surface area contributed by atoms with Gasteiger partial charge in [0.25, 0.3) is 0 Å². The molecule has 58 valence electrons. The summed E-state index contributed by atoms with van der Waals surface area (Å²) in [7, 11) is 1.73. The van der Waals surface area contributed by atoms with Crippen LogP contribution in [0.15, 0.2) is 23.3 Å². The lowest BCUT2D eigenvalue weighted by Gasteiger charge is -1.99.